The van der Waals surface area contributed by atoms with Crippen molar-refractivity contribution in [1.82, 2.24) is 10.2 Å². The minimum Gasteiger partial charge on any atom is -0.489 e. The lowest BCUT2D eigenvalue weighted by molar-refractivity contribution is 0.0945. The third-order valence-electron chi connectivity index (χ3n) is 5.94. The van der Waals surface area contributed by atoms with Crippen LogP contribution in [-0.4, -0.2) is 30.0 Å². The van der Waals surface area contributed by atoms with Gasteiger partial charge >= 0.3 is 0 Å². The van der Waals surface area contributed by atoms with E-state index in [0.717, 1.165) is 17.9 Å². The Morgan fingerprint density at radius 3 is 2.59 bits per heavy atom. The standard InChI is InChI=1S/C23H28N2O2/c1-16-17(2)27-22-20(16)10-7-11-21(22)23(26)24-14-18-8-3-4-9-19(18)15-25-12-5-6-13-25/h3-4,7-11,16-17H,5-6,12-15H2,1-2H3,(H,24,26)/t16-,17+/m1/s1. The van der Waals surface area contributed by atoms with Gasteiger partial charge in [0.2, 0.25) is 0 Å². The van der Waals surface area contributed by atoms with Crippen molar-refractivity contribution in [1.29, 1.82) is 0 Å². The molecule has 0 aliphatic carbocycles. The average molecular weight is 364 g/mol. The summed E-state index contributed by atoms with van der Waals surface area (Å²) < 4.78 is 5.97. The Balaban J connectivity index is 1.47. The molecule has 0 bridgehead atoms. The molecular weight excluding hydrogens is 336 g/mol. The summed E-state index contributed by atoms with van der Waals surface area (Å²) in [6.45, 7) is 8.05. The zero-order valence-electron chi connectivity index (χ0n) is 16.2. The van der Waals surface area contributed by atoms with Crippen molar-refractivity contribution < 1.29 is 9.53 Å². The number of fused-ring (bicyclic) bond motifs is 1. The van der Waals surface area contributed by atoms with E-state index in [2.05, 4.69) is 48.3 Å². The van der Waals surface area contributed by atoms with Crippen LogP contribution in [0.4, 0.5) is 0 Å². The van der Waals surface area contributed by atoms with Crippen LogP contribution in [0.15, 0.2) is 42.5 Å². The Labute approximate surface area is 161 Å². The van der Waals surface area contributed by atoms with Crippen molar-refractivity contribution in [2.45, 2.75) is 51.8 Å². The number of benzene rings is 2. The summed E-state index contributed by atoms with van der Waals surface area (Å²) in [5, 5.41) is 3.10. The lowest BCUT2D eigenvalue weighted by Gasteiger charge is -2.18. The van der Waals surface area contributed by atoms with Gasteiger partial charge in [-0.15, -0.1) is 0 Å². The summed E-state index contributed by atoms with van der Waals surface area (Å²) >= 11 is 0. The first-order valence-corrected chi connectivity index (χ1v) is 10.0. The zero-order valence-corrected chi connectivity index (χ0v) is 16.2. The maximum atomic E-state index is 12.8. The van der Waals surface area contributed by atoms with Crippen molar-refractivity contribution in [3.05, 3.63) is 64.7 Å². The molecule has 0 aromatic heterocycles. The Kier molecular flexibility index (Phi) is 5.17. The molecule has 4 nitrogen and oxygen atoms in total. The van der Waals surface area contributed by atoms with Gasteiger partial charge in [-0.05, 0) is 50.0 Å². The normalized spacial score (nSPS) is 21.7. The molecule has 2 aliphatic heterocycles. The quantitative estimate of drug-likeness (QED) is 0.869. The highest BCUT2D eigenvalue weighted by atomic mass is 16.5. The summed E-state index contributed by atoms with van der Waals surface area (Å²) in [5.74, 6) is 0.999. The van der Waals surface area contributed by atoms with E-state index in [9.17, 15) is 4.79 Å². The summed E-state index contributed by atoms with van der Waals surface area (Å²) in [4.78, 5) is 15.3. The number of nitrogens with zero attached hydrogens (tertiary/aromatic N) is 1. The number of nitrogens with one attached hydrogen (secondary N) is 1. The first-order valence-electron chi connectivity index (χ1n) is 10.0. The van der Waals surface area contributed by atoms with Crippen LogP contribution in [-0.2, 0) is 13.1 Å². The second-order valence-corrected chi connectivity index (χ2v) is 7.77. The number of rotatable bonds is 5. The monoisotopic (exact) mass is 364 g/mol. The van der Waals surface area contributed by atoms with Gasteiger partial charge in [0.1, 0.15) is 11.9 Å². The van der Waals surface area contributed by atoms with E-state index in [1.54, 1.807) is 0 Å². The lowest BCUT2D eigenvalue weighted by Crippen LogP contribution is -2.25. The summed E-state index contributed by atoms with van der Waals surface area (Å²) in [6.07, 6.45) is 2.68. The van der Waals surface area contributed by atoms with E-state index in [4.69, 9.17) is 4.74 Å². The van der Waals surface area contributed by atoms with E-state index in [-0.39, 0.29) is 12.0 Å². The van der Waals surface area contributed by atoms with Gasteiger partial charge in [0.25, 0.3) is 5.91 Å². The molecule has 1 saturated heterocycles. The fourth-order valence-electron chi connectivity index (χ4n) is 4.10. The number of carbonyl (C=O) groups excluding carboxylic acids is 1. The zero-order chi connectivity index (χ0) is 18.8. The summed E-state index contributed by atoms with van der Waals surface area (Å²) in [6, 6.07) is 14.3. The van der Waals surface area contributed by atoms with Gasteiger partial charge in [-0.3, -0.25) is 9.69 Å². The third kappa shape index (κ3) is 3.72. The first kappa shape index (κ1) is 18.1. The molecule has 27 heavy (non-hydrogen) atoms. The van der Waals surface area contributed by atoms with Crippen molar-refractivity contribution in [2.75, 3.05) is 13.1 Å². The second kappa shape index (κ2) is 7.73. The van der Waals surface area contributed by atoms with Crippen LogP contribution in [0.1, 0.15) is 59.7 Å². The Morgan fingerprint density at radius 1 is 1.07 bits per heavy atom. The molecule has 0 unspecified atom stereocenters. The van der Waals surface area contributed by atoms with Crippen LogP contribution in [0.5, 0.6) is 5.75 Å². The smallest absolute Gasteiger partial charge is 0.255 e. The number of ether oxygens (including phenoxy) is 1. The molecule has 1 N–H and O–H groups in total. The van der Waals surface area contributed by atoms with Crippen LogP contribution in [0.25, 0.3) is 0 Å². The third-order valence-corrected chi connectivity index (χ3v) is 5.94. The van der Waals surface area contributed by atoms with Gasteiger partial charge in [-0.2, -0.15) is 0 Å². The molecule has 142 valence electrons. The fraction of sp³-hybridized carbons (Fsp3) is 0.435. The number of likely N-dealkylation sites (tertiary alicyclic amines) is 1. The lowest BCUT2D eigenvalue weighted by atomic mass is 9.97. The SMILES string of the molecule is C[C@@H]1Oc2c(C(=O)NCc3ccccc3CN3CCCC3)cccc2[C@@H]1C. The highest BCUT2D eigenvalue weighted by molar-refractivity contribution is 5.97. The number of hydrogen-bond donors (Lipinski definition) is 1. The number of hydrogen-bond acceptors (Lipinski definition) is 3. The fourth-order valence-corrected chi connectivity index (χ4v) is 4.10. The van der Waals surface area contributed by atoms with Gasteiger partial charge in [0, 0.05) is 24.6 Å². The highest BCUT2D eigenvalue weighted by Crippen LogP contribution is 2.40. The molecule has 4 rings (SSSR count). The molecule has 2 aliphatic rings. The van der Waals surface area contributed by atoms with Gasteiger partial charge in [-0.25, -0.2) is 0 Å². The number of para-hydroxylation sites is 1. The van der Waals surface area contributed by atoms with Gasteiger partial charge < -0.3 is 10.1 Å². The van der Waals surface area contributed by atoms with Crippen LogP contribution in [0.2, 0.25) is 0 Å². The molecule has 2 heterocycles. The molecule has 0 radical (unpaired) electrons. The van der Waals surface area contributed by atoms with E-state index in [0.29, 0.717) is 18.0 Å². The van der Waals surface area contributed by atoms with E-state index in [1.165, 1.54) is 37.1 Å². The van der Waals surface area contributed by atoms with Crippen molar-refractivity contribution in [3.63, 3.8) is 0 Å². The van der Waals surface area contributed by atoms with E-state index < -0.39 is 0 Å². The largest absolute Gasteiger partial charge is 0.489 e. The van der Waals surface area contributed by atoms with Crippen LogP contribution < -0.4 is 10.1 Å². The summed E-state index contributed by atoms with van der Waals surface area (Å²) in [5.41, 5.74) is 4.26. The Bertz CT molecular complexity index is 827. The van der Waals surface area contributed by atoms with Crippen LogP contribution >= 0.6 is 0 Å². The molecule has 1 amide bonds. The van der Waals surface area contributed by atoms with Crippen molar-refractivity contribution in [2.24, 2.45) is 0 Å². The van der Waals surface area contributed by atoms with Crippen molar-refractivity contribution >= 4 is 5.91 Å². The first-order chi connectivity index (χ1) is 13.1. The molecular formula is C23H28N2O2. The van der Waals surface area contributed by atoms with Crippen LogP contribution in [0, 0.1) is 0 Å². The molecule has 1 fully saturated rings. The topological polar surface area (TPSA) is 41.6 Å². The van der Waals surface area contributed by atoms with E-state index >= 15 is 0 Å². The number of carbonyl (C=O) groups is 1. The van der Waals surface area contributed by atoms with Crippen LogP contribution in [0.3, 0.4) is 0 Å². The molecule has 2 aromatic rings. The van der Waals surface area contributed by atoms with Gasteiger partial charge in [0.05, 0.1) is 5.56 Å². The number of amides is 1. The van der Waals surface area contributed by atoms with Crippen molar-refractivity contribution in [3.8, 4) is 5.75 Å². The molecule has 2 atom stereocenters. The predicted molar refractivity (Wildman–Crippen MR) is 107 cm³/mol. The minimum absolute atomic E-state index is 0.0656. The minimum atomic E-state index is -0.0656. The maximum Gasteiger partial charge on any atom is 0.255 e. The Hall–Kier alpha value is -2.33. The molecule has 0 spiro atoms. The molecule has 2 aromatic carbocycles. The highest BCUT2D eigenvalue weighted by Gasteiger charge is 2.31. The molecule has 4 heteroatoms. The molecule has 0 saturated carbocycles. The predicted octanol–water partition coefficient (Wildman–Crippen LogP) is 4.10. The average Bonchev–Trinajstić information content (AvgIpc) is 3.29. The summed E-state index contributed by atoms with van der Waals surface area (Å²) in [7, 11) is 0. The maximum absolute atomic E-state index is 12.8. The van der Waals surface area contributed by atoms with Gasteiger partial charge in [0.15, 0.2) is 0 Å². The Morgan fingerprint density at radius 2 is 1.81 bits per heavy atom. The van der Waals surface area contributed by atoms with Gasteiger partial charge in [-0.1, -0.05) is 43.3 Å². The second-order valence-electron chi connectivity index (χ2n) is 7.77. The van der Waals surface area contributed by atoms with E-state index in [1.807, 2.05) is 18.2 Å².